The Balaban J connectivity index is 2.04. The van der Waals surface area contributed by atoms with Crippen LogP contribution >= 0.6 is 23.2 Å². The molecule has 0 spiro atoms. The second kappa shape index (κ2) is 6.79. The molecule has 2 atom stereocenters. The van der Waals surface area contributed by atoms with E-state index >= 15 is 0 Å². The van der Waals surface area contributed by atoms with E-state index < -0.39 is 0 Å². The monoisotopic (exact) mass is 285 g/mol. The van der Waals surface area contributed by atoms with E-state index in [1.165, 1.54) is 37.7 Å². The van der Waals surface area contributed by atoms with E-state index in [2.05, 4.69) is 12.4 Å². The third-order valence-electron chi connectivity index (χ3n) is 3.96. The molecular formula is C15H21Cl2N. The molecule has 1 aromatic carbocycles. The summed E-state index contributed by atoms with van der Waals surface area (Å²) in [7, 11) is 2.07. The van der Waals surface area contributed by atoms with Crippen LogP contribution in [0.5, 0.6) is 0 Å². The maximum atomic E-state index is 6.25. The summed E-state index contributed by atoms with van der Waals surface area (Å²) in [6.45, 7) is 0. The van der Waals surface area contributed by atoms with Crippen molar-refractivity contribution in [3.05, 3.63) is 33.8 Å². The van der Waals surface area contributed by atoms with Crippen LogP contribution in [-0.2, 0) is 6.42 Å². The van der Waals surface area contributed by atoms with Gasteiger partial charge in [-0.2, -0.15) is 0 Å². The van der Waals surface area contributed by atoms with E-state index in [1.54, 1.807) is 0 Å². The second-order valence-corrected chi connectivity index (χ2v) is 6.16. The largest absolute Gasteiger partial charge is 0.317 e. The van der Waals surface area contributed by atoms with Crippen LogP contribution in [0.1, 0.15) is 37.7 Å². The third kappa shape index (κ3) is 3.88. The van der Waals surface area contributed by atoms with Crippen molar-refractivity contribution in [1.29, 1.82) is 0 Å². The van der Waals surface area contributed by atoms with E-state index in [-0.39, 0.29) is 0 Å². The lowest BCUT2D eigenvalue weighted by molar-refractivity contribution is 0.400. The number of nitrogens with one attached hydrogen (secondary N) is 1. The number of hydrogen-bond acceptors (Lipinski definition) is 1. The first-order valence-corrected chi connectivity index (χ1v) is 7.56. The molecule has 0 radical (unpaired) electrons. The molecule has 0 aromatic heterocycles. The molecule has 1 saturated carbocycles. The molecule has 0 bridgehead atoms. The Morgan fingerprint density at radius 2 is 2.00 bits per heavy atom. The number of halogens is 2. The molecule has 1 aliphatic rings. The van der Waals surface area contributed by atoms with E-state index in [1.807, 2.05) is 18.2 Å². The summed E-state index contributed by atoms with van der Waals surface area (Å²) in [6, 6.07) is 6.45. The number of hydrogen-bond donors (Lipinski definition) is 1. The van der Waals surface area contributed by atoms with Gasteiger partial charge in [0.1, 0.15) is 0 Å². The van der Waals surface area contributed by atoms with Gasteiger partial charge in [0.05, 0.1) is 0 Å². The van der Waals surface area contributed by atoms with Gasteiger partial charge in [-0.15, -0.1) is 0 Å². The average Bonchev–Trinajstić information content (AvgIpc) is 2.59. The van der Waals surface area contributed by atoms with Crippen molar-refractivity contribution in [3.8, 4) is 0 Å². The molecule has 0 heterocycles. The summed E-state index contributed by atoms with van der Waals surface area (Å²) >= 11 is 12.3. The van der Waals surface area contributed by atoms with Crippen LogP contribution in [0.15, 0.2) is 18.2 Å². The summed E-state index contributed by atoms with van der Waals surface area (Å²) in [5.74, 6) is 0.723. The molecule has 100 valence electrons. The Morgan fingerprint density at radius 1 is 1.22 bits per heavy atom. The molecule has 2 rings (SSSR count). The molecule has 1 aromatic rings. The minimum Gasteiger partial charge on any atom is -0.317 e. The van der Waals surface area contributed by atoms with Crippen molar-refractivity contribution >= 4 is 23.2 Å². The van der Waals surface area contributed by atoms with E-state index in [4.69, 9.17) is 23.2 Å². The molecule has 3 heteroatoms. The standard InChI is InChI=1S/C15H21Cl2N/c1-18-14-5-3-2-4-11(9-14)8-12-10-13(16)6-7-15(12)17/h6-7,10-11,14,18H,2-5,8-9H2,1H3. The SMILES string of the molecule is CNC1CCCCC(Cc2cc(Cl)ccc2Cl)C1. The first kappa shape index (κ1) is 14.2. The molecular weight excluding hydrogens is 265 g/mol. The predicted octanol–water partition coefficient (Wildman–Crippen LogP) is 4.70. The summed E-state index contributed by atoms with van der Waals surface area (Å²) < 4.78 is 0. The highest BCUT2D eigenvalue weighted by atomic mass is 35.5. The molecule has 1 fully saturated rings. The van der Waals surface area contributed by atoms with E-state index in [9.17, 15) is 0 Å². The Morgan fingerprint density at radius 3 is 2.78 bits per heavy atom. The second-order valence-electron chi connectivity index (χ2n) is 5.31. The van der Waals surface area contributed by atoms with Crippen LogP contribution in [0.3, 0.4) is 0 Å². The molecule has 2 unspecified atom stereocenters. The zero-order valence-corrected chi connectivity index (χ0v) is 12.4. The van der Waals surface area contributed by atoms with Crippen molar-refractivity contribution in [2.24, 2.45) is 5.92 Å². The predicted molar refractivity (Wildman–Crippen MR) is 79.6 cm³/mol. The van der Waals surface area contributed by atoms with Gasteiger partial charge >= 0.3 is 0 Å². The zero-order valence-electron chi connectivity index (χ0n) is 10.9. The topological polar surface area (TPSA) is 12.0 Å². The summed E-state index contributed by atoms with van der Waals surface area (Å²) in [5.41, 5.74) is 1.20. The fourth-order valence-corrected chi connectivity index (χ4v) is 3.31. The highest BCUT2D eigenvalue weighted by molar-refractivity contribution is 6.33. The van der Waals surface area contributed by atoms with Crippen LogP contribution in [0.2, 0.25) is 10.0 Å². The molecule has 1 nitrogen and oxygen atoms in total. The first-order valence-electron chi connectivity index (χ1n) is 6.80. The molecule has 0 aliphatic heterocycles. The molecule has 18 heavy (non-hydrogen) atoms. The van der Waals surface area contributed by atoms with Gasteiger partial charge in [-0.05, 0) is 56.0 Å². The van der Waals surface area contributed by atoms with Crippen molar-refractivity contribution in [1.82, 2.24) is 5.32 Å². The van der Waals surface area contributed by atoms with Crippen molar-refractivity contribution in [2.75, 3.05) is 7.05 Å². The normalized spacial score (nSPS) is 24.8. The van der Waals surface area contributed by atoms with Crippen LogP contribution in [-0.4, -0.2) is 13.1 Å². The lowest BCUT2D eigenvalue weighted by atomic mass is 9.91. The van der Waals surface area contributed by atoms with Crippen LogP contribution in [0, 0.1) is 5.92 Å². The Hall–Kier alpha value is -0.240. The lowest BCUT2D eigenvalue weighted by Gasteiger charge is -2.20. The van der Waals surface area contributed by atoms with E-state index in [0.29, 0.717) is 6.04 Å². The van der Waals surface area contributed by atoms with Crippen molar-refractivity contribution < 1.29 is 0 Å². The van der Waals surface area contributed by atoms with Gasteiger partial charge in [-0.1, -0.05) is 42.5 Å². The van der Waals surface area contributed by atoms with Gasteiger partial charge in [0, 0.05) is 16.1 Å². The fourth-order valence-electron chi connectivity index (χ4n) is 2.92. The quantitative estimate of drug-likeness (QED) is 0.794. The van der Waals surface area contributed by atoms with Gasteiger partial charge in [0.15, 0.2) is 0 Å². The minimum atomic E-state index is 0.662. The van der Waals surface area contributed by atoms with Gasteiger partial charge in [0.2, 0.25) is 0 Å². The third-order valence-corrected chi connectivity index (χ3v) is 4.56. The maximum absolute atomic E-state index is 6.25. The Bertz CT molecular complexity index is 392. The molecule has 0 amide bonds. The molecule has 1 aliphatic carbocycles. The highest BCUT2D eigenvalue weighted by Crippen LogP contribution is 2.30. The van der Waals surface area contributed by atoms with Gasteiger partial charge in [0.25, 0.3) is 0 Å². The van der Waals surface area contributed by atoms with Crippen molar-refractivity contribution in [2.45, 2.75) is 44.6 Å². The Kier molecular flexibility index (Phi) is 5.35. The summed E-state index contributed by atoms with van der Waals surface area (Å²) in [4.78, 5) is 0. The van der Waals surface area contributed by atoms with E-state index in [0.717, 1.165) is 22.4 Å². The van der Waals surface area contributed by atoms with Gasteiger partial charge < -0.3 is 5.32 Å². The molecule has 1 N–H and O–H groups in total. The summed E-state index contributed by atoms with van der Waals surface area (Å²) in [6.07, 6.45) is 7.58. The Labute approximate surface area is 120 Å². The highest BCUT2D eigenvalue weighted by Gasteiger charge is 2.20. The lowest BCUT2D eigenvalue weighted by Crippen LogP contribution is -2.26. The minimum absolute atomic E-state index is 0.662. The number of rotatable bonds is 3. The molecule has 0 saturated heterocycles. The first-order chi connectivity index (χ1) is 8.69. The van der Waals surface area contributed by atoms with Gasteiger partial charge in [-0.3, -0.25) is 0 Å². The smallest absolute Gasteiger partial charge is 0.0439 e. The van der Waals surface area contributed by atoms with Crippen LogP contribution < -0.4 is 5.32 Å². The van der Waals surface area contributed by atoms with Crippen LogP contribution in [0.4, 0.5) is 0 Å². The van der Waals surface area contributed by atoms with Crippen LogP contribution in [0.25, 0.3) is 0 Å². The zero-order chi connectivity index (χ0) is 13.0. The average molecular weight is 286 g/mol. The summed E-state index contributed by atoms with van der Waals surface area (Å²) in [5, 5.41) is 5.06. The maximum Gasteiger partial charge on any atom is 0.0439 e. The van der Waals surface area contributed by atoms with Gasteiger partial charge in [-0.25, -0.2) is 0 Å². The number of benzene rings is 1. The van der Waals surface area contributed by atoms with Crippen molar-refractivity contribution in [3.63, 3.8) is 0 Å². The fraction of sp³-hybridized carbons (Fsp3) is 0.600.